The van der Waals surface area contributed by atoms with E-state index in [1.807, 2.05) is 50.7 Å². The second kappa shape index (κ2) is 11.0. The minimum absolute atomic E-state index is 0. The molecule has 2 rings (SSSR count). The van der Waals surface area contributed by atoms with Gasteiger partial charge in [0.05, 0.1) is 6.54 Å². The number of benzene rings is 1. The second-order valence-corrected chi connectivity index (χ2v) is 8.29. The van der Waals surface area contributed by atoms with Gasteiger partial charge in [-0.25, -0.2) is 14.2 Å². The Morgan fingerprint density at radius 3 is 2.31 bits per heavy atom. The summed E-state index contributed by atoms with van der Waals surface area (Å²) in [5.41, 5.74) is 7.02. The second-order valence-electron chi connectivity index (χ2n) is 8.29. The number of hydrogen-bond acceptors (Lipinski definition) is 4. The third-order valence-corrected chi connectivity index (χ3v) is 4.28. The molecule has 0 aliphatic carbocycles. The zero-order chi connectivity index (χ0) is 20.9. The number of nitrogens with zero attached hydrogens (tertiary/aromatic N) is 4. The number of carbonyl (C=O) groups is 1. The summed E-state index contributed by atoms with van der Waals surface area (Å²) < 4.78 is 19.6. The SMILES string of the molecule is CN(C)Cc1ccc(CN=C(N)N2CCN(C(=O)OC(C)(C)C)CC2)cc1F.I. The number of carbonyl (C=O) groups excluding carboxylic acids is 1. The largest absolute Gasteiger partial charge is 0.444 e. The number of ether oxygens (including phenoxy) is 1. The molecule has 29 heavy (non-hydrogen) atoms. The van der Waals surface area contributed by atoms with Crippen LogP contribution in [0.25, 0.3) is 0 Å². The number of nitrogens with two attached hydrogens (primary N) is 1. The van der Waals surface area contributed by atoms with Crippen molar-refractivity contribution in [2.45, 2.75) is 39.5 Å². The summed E-state index contributed by atoms with van der Waals surface area (Å²) in [5.74, 6) is 0.174. The highest BCUT2D eigenvalue weighted by Gasteiger charge is 2.26. The van der Waals surface area contributed by atoms with Crippen molar-refractivity contribution >= 4 is 36.0 Å². The molecule has 0 aromatic heterocycles. The summed E-state index contributed by atoms with van der Waals surface area (Å²) in [5, 5.41) is 0. The lowest BCUT2D eigenvalue weighted by Crippen LogP contribution is -2.53. The van der Waals surface area contributed by atoms with E-state index in [0.717, 1.165) is 5.56 Å². The molecule has 2 N–H and O–H groups in total. The molecular weight excluding hydrogens is 488 g/mol. The van der Waals surface area contributed by atoms with Crippen molar-refractivity contribution in [1.82, 2.24) is 14.7 Å². The molecule has 0 atom stereocenters. The van der Waals surface area contributed by atoms with Crippen LogP contribution in [0.5, 0.6) is 0 Å². The number of hydrogen-bond donors (Lipinski definition) is 1. The molecule has 7 nitrogen and oxygen atoms in total. The molecule has 1 aromatic rings. The molecule has 0 spiro atoms. The zero-order valence-corrected chi connectivity index (χ0v) is 20.3. The van der Waals surface area contributed by atoms with Crippen LogP contribution in [0.2, 0.25) is 0 Å². The highest BCUT2D eigenvalue weighted by Crippen LogP contribution is 2.14. The summed E-state index contributed by atoms with van der Waals surface area (Å²) in [6, 6.07) is 5.17. The van der Waals surface area contributed by atoms with Gasteiger partial charge in [0, 0.05) is 38.3 Å². The van der Waals surface area contributed by atoms with E-state index < -0.39 is 5.60 Å². The van der Waals surface area contributed by atoms with E-state index in [-0.39, 0.29) is 35.9 Å². The van der Waals surface area contributed by atoms with Crippen molar-refractivity contribution in [3.05, 3.63) is 35.1 Å². The molecular formula is C20H33FIN5O2. The average Bonchev–Trinajstić information content (AvgIpc) is 2.60. The molecule has 164 valence electrons. The molecule has 1 amide bonds. The Bertz CT molecular complexity index is 713. The van der Waals surface area contributed by atoms with Crippen LogP contribution in [0.4, 0.5) is 9.18 Å². The van der Waals surface area contributed by atoms with Gasteiger partial charge in [-0.05, 0) is 46.5 Å². The Morgan fingerprint density at radius 1 is 1.21 bits per heavy atom. The molecule has 1 saturated heterocycles. The van der Waals surface area contributed by atoms with Crippen molar-refractivity contribution in [3.8, 4) is 0 Å². The fourth-order valence-corrected chi connectivity index (χ4v) is 2.87. The molecule has 9 heteroatoms. The van der Waals surface area contributed by atoms with Gasteiger partial charge in [-0.15, -0.1) is 24.0 Å². The number of halogens is 2. The smallest absolute Gasteiger partial charge is 0.410 e. The van der Waals surface area contributed by atoms with E-state index in [0.29, 0.717) is 50.8 Å². The summed E-state index contributed by atoms with van der Waals surface area (Å²) in [6.45, 7) is 8.65. The van der Waals surface area contributed by atoms with Gasteiger partial charge in [0.1, 0.15) is 11.4 Å². The van der Waals surface area contributed by atoms with Crippen LogP contribution in [-0.4, -0.2) is 72.6 Å². The van der Waals surface area contributed by atoms with Gasteiger partial charge in [0.25, 0.3) is 0 Å². The lowest BCUT2D eigenvalue weighted by molar-refractivity contribution is 0.0186. The minimum atomic E-state index is -0.508. The maximum Gasteiger partial charge on any atom is 0.410 e. The van der Waals surface area contributed by atoms with Crippen molar-refractivity contribution in [1.29, 1.82) is 0 Å². The molecule has 0 unspecified atom stereocenters. The molecule has 0 bridgehead atoms. The topological polar surface area (TPSA) is 74.4 Å². The third-order valence-electron chi connectivity index (χ3n) is 4.28. The predicted molar refractivity (Wildman–Crippen MR) is 124 cm³/mol. The Morgan fingerprint density at radius 2 is 1.79 bits per heavy atom. The lowest BCUT2D eigenvalue weighted by Gasteiger charge is -2.36. The fraction of sp³-hybridized carbons (Fsp3) is 0.600. The fourth-order valence-electron chi connectivity index (χ4n) is 2.87. The maximum atomic E-state index is 14.2. The van der Waals surface area contributed by atoms with Gasteiger partial charge in [-0.2, -0.15) is 0 Å². The van der Waals surface area contributed by atoms with Gasteiger partial charge < -0.3 is 25.2 Å². The van der Waals surface area contributed by atoms with Crippen LogP contribution in [0.15, 0.2) is 23.2 Å². The van der Waals surface area contributed by atoms with E-state index >= 15 is 0 Å². The number of aliphatic imine (C=N–C) groups is 1. The third kappa shape index (κ3) is 8.33. The zero-order valence-electron chi connectivity index (χ0n) is 17.9. The quantitative estimate of drug-likeness (QED) is 0.375. The van der Waals surface area contributed by atoms with Gasteiger partial charge >= 0.3 is 6.09 Å². The summed E-state index contributed by atoms with van der Waals surface area (Å²) in [7, 11) is 3.81. The molecule has 0 radical (unpaired) electrons. The summed E-state index contributed by atoms with van der Waals surface area (Å²) in [6.07, 6.45) is -0.309. The maximum absolute atomic E-state index is 14.2. The van der Waals surface area contributed by atoms with Crippen LogP contribution >= 0.6 is 24.0 Å². The van der Waals surface area contributed by atoms with Crippen molar-refractivity contribution < 1.29 is 13.9 Å². The van der Waals surface area contributed by atoms with Crippen molar-refractivity contribution in [2.24, 2.45) is 10.7 Å². The molecule has 1 fully saturated rings. The van der Waals surface area contributed by atoms with Crippen LogP contribution < -0.4 is 5.73 Å². The molecule has 1 heterocycles. The van der Waals surface area contributed by atoms with E-state index in [1.165, 1.54) is 6.07 Å². The molecule has 1 aromatic carbocycles. The van der Waals surface area contributed by atoms with E-state index in [1.54, 1.807) is 11.0 Å². The first-order valence-electron chi connectivity index (χ1n) is 9.50. The average molecular weight is 521 g/mol. The van der Waals surface area contributed by atoms with Gasteiger partial charge in [-0.3, -0.25) is 0 Å². The monoisotopic (exact) mass is 521 g/mol. The number of piperazine rings is 1. The Kier molecular flexibility index (Phi) is 9.60. The Hall–Kier alpha value is -1.62. The molecule has 1 aliphatic heterocycles. The van der Waals surface area contributed by atoms with Crippen molar-refractivity contribution in [2.75, 3.05) is 40.3 Å². The first-order chi connectivity index (χ1) is 13.0. The van der Waals surface area contributed by atoms with Gasteiger partial charge in [0.15, 0.2) is 5.96 Å². The van der Waals surface area contributed by atoms with E-state index in [4.69, 9.17) is 10.5 Å². The van der Waals surface area contributed by atoms with Crippen LogP contribution in [0.3, 0.4) is 0 Å². The Labute approximate surface area is 190 Å². The van der Waals surface area contributed by atoms with E-state index in [2.05, 4.69) is 4.99 Å². The minimum Gasteiger partial charge on any atom is -0.444 e. The Balaban J connectivity index is 0.00000420. The number of rotatable bonds is 4. The first-order valence-corrected chi connectivity index (χ1v) is 9.50. The highest BCUT2D eigenvalue weighted by atomic mass is 127. The van der Waals surface area contributed by atoms with Gasteiger partial charge in [0.2, 0.25) is 0 Å². The first kappa shape index (κ1) is 25.4. The standard InChI is InChI=1S/C20H32FN5O2.HI/c1-20(2,3)28-19(27)26-10-8-25(9-11-26)18(22)23-13-15-6-7-16(14-24(4)5)17(21)12-15;/h6-7,12H,8-11,13-14H2,1-5H3,(H2,22,23);1H. The molecule has 0 saturated carbocycles. The summed E-state index contributed by atoms with van der Waals surface area (Å²) in [4.78, 5) is 22.0. The van der Waals surface area contributed by atoms with E-state index in [9.17, 15) is 9.18 Å². The highest BCUT2D eigenvalue weighted by molar-refractivity contribution is 14.0. The van der Waals surface area contributed by atoms with Gasteiger partial charge in [-0.1, -0.05) is 12.1 Å². The number of amides is 1. The van der Waals surface area contributed by atoms with Crippen LogP contribution in [0, 0.1) is 5.82 Å². The van der Waals surface area contributed by atoms with Crippen LogP contribution in [0.1, 0.15) is 31.9 Å². The molecule has 1 aliphatic rings. The lowest BCUT2D eigenvalue weighted by atomic mass is 10.1. The van der Waals surface area contributed by atoms with Crippen LogP contribution in [-0.2, 0) is 17.8 Å². The number of guanidine groups is 1. The predicted octanol–water partition coefficient (Wildman–Crippen LogP) is 2.87. The normalized spacial score (nSPS) is 15.3. The van der Waals surface area contributed by atoms with Crippen molar-refractivity contribution in [3.63, 3.8) is 0 Å². The summed E-state index contributed by atoms with van der Waals surface area (Å²) >= 11 is 0.